The van der Waals surface area contributed by atoms with Gasteiger partial charge in [0.05, 0.1) is 13.2 Å². The van der Waals surface area contributed by atoms with Crippen LogP contribution in [-0.2, 0) is 4.74 Å². The third kappa shape index (κ3) is 6.56. The molecule has 3 aromatic rings. The molecule has 0 bridgehead atoms. The fourth-order valence-corrected chi connectivity index (χ4v) is 7.76. The molecule has 3 rings (SSSR count). The Morgan fingerprint density at radius 3 is 1.87 bits per heavy atom. The van der Waals surface area contributed by atoms with Gasteiger partial charge in [-0.3, -0.25) is 0 Å². The van der Waals surface area contributed by atoms with Gasteiger partial charge in [-0.25, -0.2) is 0 Å². The summed E-state index contributed by atoms with van der Waals surface area (Å²) in [6, 6.07) is 29.9. The van der Waals surface area contributed by atoms with Crippen molar-refractivity contribution < 1.29 is 9.47 Å². The Balaban J connectivity index is 1.58. The average Bonchev–Trinajstić information content (AvgIpc) is 2.75. The van der Waals surface area contributed by atoms with Gasteiger partial charge in [0.1, 0.15) is 14.5 Å². The Hall–Kier alpha value is -1.88. The molecule has 0 saturated heterocycles. The lowest BCUT2D eigenvalue weighted by Crippen LogP contribution is -2.51. The zero-order chi connectivity index (χ0) is 21.4. The van der Waals surface area contributed by atoms with Gasteiger partial charge >= 0.3 is 0 Å². The van der Waals surface area contributed by atoms with Crippen molar-refractivity contribution in [2.45, 2.75) is 25.8 Å². The predicted molar refractivity (Wildman–Crippen MR) is 133 cm³/mol. The minimum absolute atomic E-state index is 0.0923. The fourth-order valence-electron chi connectivity index (χ4n) is 3.81. The minimum Gasteiger partial charge on any atom is -0.493 e. The smallest absolute Gasteiger partial charge is 0.119 e. The molecule has 0 fully saturated rings. The van der Waals surface area contributed by atoms with Crippen molar-refractivity contribution in [3.63, 3.8) is 0 Å². The van der Waals surface area contributed by atoms with Gasteiger partial charge in [0.25, 0.3) is 0 Å². The Bertz CT molecular complexity index is 842. The van der Waals surface area contributed by atoms with Gasteiger partial charge in [-0.2, -0.15) is 0 Å². The van der Waals surface area contributed by atoms with Crippen LogP contribution in [0.1, 0.15) is 20.8 Å². The molecule has 0 amide bonds. The van der Waals surface area contributed by atoms with Crippen LogP contribution in [0.3, 0.4) is 0 Å². The molecule has 0 unspecified atom stereocenters. The number of hydrogen-bond acceptors (Lipinski definition) is 2. The molecule has 0 aliphatic carbocycles. The second kappa shape index (κ2) is 10.9. The molecule has 0 saturated carbocycles. The molecule has 2 nitrogen and oxygen atoms in total. The van der Waals surface area contributed by atoms with Gasteiger partial charge in [0.2, 0.25) is 0 Å². The van der Waals surface area contributed by atoms with E-state index in [0.717, 1.165) is 16.8 Å². The van der Waals surface area contributed by atoms with Gasteiger partial charge in [-0.15, -0.1) is 0 Å². The topological polar surface area (TPSA) is 18.5 Å². The van der Waals surface area contributed by atoms with E-state index in [1.165, 1.54) is 10.4 Å². The van der Waals surface area contributed by atoms with E-state index in [4.69, 9.17) is 9.47 Å². The minimum atomic E-state index is -1.45. The maximum absolute atomic E-state index is 6.24. The lowest BCUT2D eigenvalue weighted by molar-refractivity contribution is 0.0713. The van der Waals surface area contributed by atoms with Crippen LogP contribution in [0.4, 0.5) is 0 Å². The molecular weight excluding hydrogens is 452 g/mol. The summed E-state index contributed by atoms with van der Waals surface area (Å²) in [5.41, 5.74) is 0. The van der Waals surface area contributed by atoms with Crippen LogP contribution in [0.15, 0.2) is 89.4 Å². The molecule has 0 aliphatic rings. The van der Waals surface area contributed by atoms with Crippen LogP contribution in [0.5, 0.6) is 5.75 Å². The van der Waals surface area contributed by atoms with Crippen molar-refractivity contribution in [1.29, 1.82) is 0 Å². The molecule has 1 atom stereocenters. The molecule has 3 aromatic carbocycles. The molecular formula is C26H31BrO2Si. The standard InChI is InChI=1S/C26H31BrO2Si/c1-21(19-29-23-16-14-22(27)15-17-23)18-28-20-26(2,3)30(24-10-6-4-7-11-24)25-12-8-5-9-13-25/h4-17,21,30H,18-20H2,1-3H3/t21-/m0/s1. The summed E-state index contributed by atoms with van der Waals surface area (Å²) in [6.45, 7) is 8.98. The normalized spacial score (nSPS) is 12.7. The van der Waals surface area contributed by atoms with E-state index < -0.39 is 8.80 Å². The molecule has 0 heterocycles. The highest BCUT2D eigenvalue weighted by atomic mass is 79.9. The van der Waals surface area contributed by atoms with Crippen molar-refractivity contribution in [3.8, 4) is 5.75 Å². The Labute approximate surface area is 191 Å². The maximum Gasteiger partial charge on any atom is 0.119 e. The quantitative estimate of drug-likeness (QED) is 0.364. The van der Waals surface area contributed by atoms with Gasteiger partial charge in [0.15, 0.2) is 0 Å². The van der Waals surface area contributed by atoms with E-state index in [2.05, 4.69) is 97.4 Å². The lowest BCUT2D eigenvalue weighted by Gasteiger charge is -2.34. The van der Waals surface area contributed by atoms with E-state index >= 15 is 0 Å². The summed E-state index contributed by atoms with van der Waals surface area (Å²) in [4.78, 5) is 0. The number of ether oxygens (including phenoxy) is 2. The largest absolute Gasteiger partial charge is 0.493 e. The molecule has 0 radical (unpaired) electrons. The van der Waals surface area contributed by atoms with E-state index in [-0.39, 0.29) is 5.04 Å². The second-order valence-corrected chi connectivity index (χ2v) is 13.3. The number of halogens is 1. The fraction of sp³-hybridized carbons (Fsp3) is 0.308. The highest BCUT2D eigenvalue weighted by Gasteiger charge is 2.34. The van der Waals surface area contributed by atoms with Gasteiger partial charge in [0, 0.05) is 17.0 Å². The summed E-state index contributed by atoms with van der Waals surface area (Å²) in [6.07, 6.45) is 0. The molecule has 4 heteroatoms. The summed E-state index contributed by atoms with van der Waals surface area (Å²) in [5, 5.41) is 3.02. The first-order chi connectivity index (χ1) is 14.5. The predicted octanol–water partition coefficient (Wildman–Crippen LogP) is 5.30. The Morgan fingerprint density at radius 1 is 0.800 bits per heavy atom. The molecule has 158 valence electrons. The van der Waals surface area contributed by atoms with Crippen molar-refractivity contribution >= 4 is 35.1 Å². The Kier molecular flexibility index (Phi) is 8.31. The SMILES string of the molecule is C[C@@H](COCC(C)(C)[SiH](c1ccccc1)c1ccccc1)COc1ccc(Br)cc1. The highest BCUT2D eigenvalue weighted by molar-refractivity contribution is 9.10. The van der Waals surface area contributed by atoms with Gasteiger partial charge in [-0.1, -0.05) is 108 Å². The molecule has 0 aromatic heterocycles. The number of rotatable bonds is 10. The first-order valence-corrected chi connectivity index (χ1v) is 13.0. The van der Waals surface area contributed by atoms with E-state index in [1.54, 1.807) is 0 Å². The average molecular weight is 484 g/mol. The van der Waals surface area contributed by atoms with Crippen molar-refractivity contribution in [1.82, 2.24) is 0 Å². The van der Waals surface area contributed by atoms with Gasteiger partial charge in [-0.05, 0) is 29.3 Å². The summed E-state index contributed by atoms with van der Waals surface area (Å²) >= 11 is 3.45. The van der Waals surface area contributed by atoms with Crippen molar-refractivity contribution in [2.75, 3.05) is 19.8 Å². The van der Waals surface area contributed by atoms with E-state index in [0.29, 0.717) is 19.1 Å². The third-order valence-electron chi connectivity index (χ3n) is 5.27. The summed E-state index contributed by atoms with van der Waals surface area (Å²) < 4.78 is 13.2. The molecule has 0 spiro atoms. The Morgan fingerprint density at radius 2 is 1.33 bits per heavy atom. The molecule has 0 aliphatic heterocycles. The maximum atomic E-state index is 6.24. The van der Waals surface area contributed by atoms with Crippen LogP contribution in [-0.4, -0.2) is 28.6 Å². The molecule has 0 N–H and O–H groups in total. The van der Waals surface area contributed by atoms with Crippen molar-refractivity contribution in [2.24, 2.45) is 5.92 Å². The first-order valence-electron chi connectivity index (χ1n) is 10.5. The first kappa shape index (κ1) is 22.8. The van der Waals surface area contributed by atoms with Gasteiger partial charge < -0.3 is 9.47 Å². The van der Waals surface area contributed by atoms with Crippen LogP contribution in [0.25, 0.3) is 0 Å². The molecule has 30 heavy (non-hydrogen) atoms. The van der Waals surface area contributed by atoms with E-state index in [9.17, 15) is 0 Å². The number of hydrogen-bond donors (Lipinski definition) is 0. The van der Waals surface area contributed by atoms with E-state index in [1.807, 2.05) is 24.3 Å². The zero-order valence-electron chi connectivity index (χ0n) is 18.1. The summed E-state index contributed by atoms with van der Waals surface area (Å²) in [7, 11) is -1.45. The van der Waals surface area contributed by atoms with Crippen LogP contribution in [0.2, 0.25) is 5.04 Å². The van der Waals surface area contributed by atoms with Crippen LogP contribution in [0, 0.1) is 5.92 Å². The number of benzene rings is 3. The highest BCUT2D eigenvalue weighted by Crippen LogP contribution is 2.29. The van der Waals surface area contributed by atoms with Crippen molar-refractivity contribution in [3.05, 3.63) is 89.4 Å². The van der Waals surface area contributed by atoms with Crippen LogP contribution >= 0.6 is 15.9 Å². The monoisotopic (exact) mass is 482 g/mol. The lowest BCUT2D eigenvalue weighted by atomic mass is 10.2. The second-order valence-electron chi connectivity index (χ2n) is 8.63. The van der Waals surface area contributed by atoms with Crippen LogP contribution < -0.4 is 15.1 Å². The zero-order valence-corrected chi connectivity index (χ0v) is 20.8. The summed E-state index contributed by atoms with van der Waals surface area (Å²) in [5.74, 6) is 1.23. The third-order valence-corrected chi connectivity index (χ3v) is 9.63.